The fourth-order valence-corrected chi connectivity index (χ4v) is 4.10. The molecule has 0 saturated carbocycles. The van der Waals surface area contributed by atoms with Crippen LogP contribution in [-0.4, -0.2) is 54.2 Å². The van der Waals surface area contributed by atoms with Crippen LogP contribution in [0.5, 0.6) is 11.5 Å². The summed E-state index contributed by atoms with van der Waals surface area (Å²) in [6, 6.07) is 12.3. The van der Waals surface area contributed by atoms with Crippen LogP contribution in [0.15, 0.2) is 47.3 Å². The summed E-state index contributed by atoms with van der Waals surface area (Å²) >= 11 is 0. The van der Waals surface area contributed by atoms with Gasteiger partial charge in [0.05, 0.1) is 37.4 Å². The minimum Gasteiger partial charge on any atom is -0.497 e. The van der Waals surface area contributed by atoms with Crippen LogP contribution in [-0.2, 0) is 16.0 Å². The molecule has 2 amide bonds. The van der Waals surface area contributed by atoms with Crippen LogP contribution in [0.2, 0.25) is 0 Å². The van der Waals surface area contributed by atoms with Crippen molar-refractivity contribution in [3.8, 4) is 11.5 Å². The summed E-state index contributed by atoms with van der Waals surface area (Å²) in [5.74, 6) is 0.777. The van der Waals surface area contributed by atoms with E-state index in [-0.39, 0.29) is 29.7 Å². The second kappa shape index (κ2) is 9.72. The number of likely N-dealkylation sites (tertiary alicyclic amines) is 1. The molecule has 1 aromatic heterocycles. The highest BCUT2D eigenvalue weighted by Crippen LogP contribution is 2.30. The molecule has 9 nitrogen and oxygen atoms in total. The third-order valence-corrected chi connectivity index (χ3v) is 5.98. The first-order chi connectivity index (χ1) is 16.0. The Hall–Kier alpha value is -3.88. The molecule has 2 N–H and O–H groups in total. The molecule has 0 unspecified atom stereocenters. The lowest BCUT2D eigenvalue weighted by atomic mass is 9.95. The Balaban J connectivity index is 1.37. The maximum Gasteiger partial charge on any atom is 0.272 e. The maximum atomic E-state index is 12.9. The molecule has 1 saturated heterocycles. The van der Waals surface area contributed by atoms with Crippen LogP contribution in [0.25, 0.3) is 10.8 Å². The third kappa shape index (κ3) is 4.82. The summed E-state index contributed by atoms with van der Waals surface area (Å²) in [5.41, 5.74) is 0.817. The Morgan fingerprint density at radius 3 is 2.52 bits per heavy atom. The highest BCUT2D eigenvalue weighted by atomic mass is 16.5. The molecule has 1 fully saturated rings. The van der Waals surface area contributed by atoms with Crippen molar-refractivity contribution < 1.29 is 19.1 Å². The van der Waals surface area contributed by atoms with Gasteiger partial charge in [0.15, 0.2) is 0 Å². The SMILES string of the molecule is COc1ccc(OC)c(NC(=O)C2CCN(C(=O)Cc3n[nH]c(=O)c4ccccc34)CC2)c1. The van der Waals surface area contributed by atoms with Gasteiger partial charge in [0.1, 0.15) is 11.5 Å². The van der Waals surface area contributed by atoms with E-state index in [1.807, 2.05) is 6.07 Å². The zero-order valence-electron chi connectivity index (χ0n) is 18.6. The predicted octanol–water partition coefficient (Wildman–Crippen LogP) is 2.36. The van der Waals surface area contributed by atoms with Crippen LogP contribution >= 0.6 is 0 Å². The lowest BCUT2D eigenvalue weighted by Gasteiger charge is -2.31. The van der Waals surface area contributed by atoms with Crippen molar-refractivity contribution >= 4 is 28.3 Å². The summed E-state index contributed by atoms with van der Waals surface area (Å²) in [6.07, 6.45) is 1.21. The van der Waals surface area contributed by atoms with Crippen molar-refractivity contribution in [1.29, 1.82) is 0 Å². The van der Waals surface area contributed by atoms with Gasteiger partial charge in [0.2, 0.25) is 11.8 Å². The van der Waals surface area contributed by atoms with Crippen LogP contribution in [0, 0.1) is 5.92 Å². The molecule has 3 aromatic rings. The molecule has 2 heterocycles. The van der Waals surface area contributed by atoms with Crippen molar-refractivity contribution in [2.75, 3.05) is 32.6 Å². The van der Waals surface area contributed by atoms with Crippen LogP contribution in [0.3, 0.4) is 0 Å². The van der Waals surface area contributed by atoms with Gasteiger partial charge >= 0.3 is 0 Å². The van der Waals surface area contributed by atoms with Crippen molar-refractivity contribution in [2.45, 2.75) is 19.3 Å². The van der Waals surface area contributed by atoms with E-state index in [1.165, 1.54) is 0 Å². The number of piperidine rings is 1. The average molecular weight is 450 g/mol. The Bertz CT molecular complexity index is 1230. The van der Waals surface area contributed by atoms with Gasteiger partial charge in [-0.25, -0.2) is 5.10 Å². The number of rotatable bonds is 6. The van der Waals surface area contributed by atoms with Crippen molar-refractivity contribution in [2.24, 2.45) is 5.92 Å². The van der Waals surface area contributed by atoms with Gasteiger partial charge in [0, 0.05) is 30.5 Å². The van der Waals surface area contributed by atoms with Crippen molar-refractivity contribution in [3.63, 3.8) is 0 Å². The van der Waals surface area contributed by atoms with Crippen LogP contribution in [0.4, 0.5) is 5.69 Å². The molecule has 0 bridgehead atoms. The number of amides is 2. The van der Waals surface area contributed by atoms with Gasteiger partial charge < -0.3 is 19.7 Å². The van der Waals surface area contributed by atoms with E-state index in [0.717, 1.165) is 0 Å². The molecular weight excluding hydrogens is 424 g/mol. The van der Waals surface area contributed by atoms with E-state index in [1.54, 1.807) is 55.5 Å². The molecule has 0 radical (unpaired) electrons. The van der Waals surface area contributed by atoms with E-state index in [2.05, 4.69) is 15.5 Å². The monoisotopic (exact) mass is 450 g/mol. The maximum absolute atomic E-state index is 12.9. The predicted molar refractivity (Wildman–Crippen MR) is 124 cm³/mol. The van der Waals surface area contributed by atoms with Gasteiger partial charge in [-0.1, -0.05) is 18.2 Å². The number of hydrogen-bond acceptors (Lipinski definition) is 6. The first kappa shape index (κ1) is 22.3. The molecule has 2 aromatic carbocycles. The van der Waals surface area contributed by atoms with Crippen molar-refractivity contribution in [3.05, 3.63) is 58.5 Å². The summed E-state index contributed by atoms with van der Waals surface area (Å²) in [5, 5.41) is 10.7. The van der Waals surface area contributed by atoms with Gasteiger partial charge in [-0.15, -0.1) is 0 Å². The second-order valence-electron chi connectivity index (χ2n) is 7.93. The van der Waals surface area contributed by atoms with E-state index in [9.17, 15) is 14.4 Å². The standard InChI is InChI=1S/C24H26N4O5/c1-32-16-7-8-21(33-2)20(13-16)25-23(30)15-9-11-28(12-10-15)22(29)14-19-17-5-3-4-6-18(17)24(31)27-26-19/h3-8,13,15H,9-12,14H2,1-2H3,(H,25,30)(H,27,31). The fourth-order valence-electron chi connectivity index (χ4n) is 4.10. The Kier molecular flexibility index (Phi) is 6.58. The van der Waals surface area contributed by atoms with Gasteiger partial charge in [-0.3, -0.25) is 14.4 Å². The average Bonchev–Trinajstić information content (AvgIpc) is 2.85. The zero-order chi connectivity index (χ0) is 23.4. The molecule has 172 valence electrons. The molecule has 0 aliphatic carbocycles. The van der Waals surface area contributed by atoms with E-state index in [4.69, 9.17) is 9.47 Å². The number of H-pyrrole nitrogens is 1. The number of hydrogen-bond donors (Lipinski definition) is 2. The lowest BCUT2D eigenvalue weighted by Crippen LogP contribution is -2.42. The number of benzene rings is 2. The summed E-state index contributed by atoms with van der Waals surface area (Å²) in [6.45, 7) is 0.959. The lowest BCUT2D eigenvalue weighted by molar-refractivity contribution is -0.133. The molecular formula is C24H26N4O5. The Morgan fingerprint density at radius 2 is 1.82 bits per heavy atom. The quantitative estimate of drug-likeness (QED) is 0.596. The van der Waals surface area contributed by atoms with Crippen LogP contribution < -0.4 is 20.3 Å². The normalized spacial score (nSPS) is 14.2. The van der Waals surface area contributed by atoms with Crippen molar-refractivity contribution in [1.82, 2.24) is 15.1 Å². The summed E-state index contributed by atoms with van der Waals surface area (Å²) in [7, 11) is 3.10. The highest BCUT2D eigenvalue weighted by Gasteiger charge is 2.28. The Morgan fingerprint density at radius 1 is 1.09 bits per heavy atom. The highest BCUT2D eigenvalue weighted by molar-refractivity contribution is 5.94. The van der Waals surface area contributed by atoms with E-state index in [0.29, 0.717) is 59.6 Å². The first-order valence-electron chi connectivity index (χ1n) is 10.8. The number of aromatic nitrogens is 2. The van der Waals surface area contributed by atoms with Crippen LogP contribution in [0.1, 0.15) is 18.5 Å². The van der Waals surface area contributed by atoms with Gasteiger partial charge in [0.25, 0.3) is 5.56 Å². The number of ether oxygens (including phenoxy) is 2. The number of methoxy groups -OCH3 is 2. The molecule has 9 heteroatoms. The number of nitrogens with one attached hydrogen (secondary N) is 2. The molecule has 1 aliphatic heterocycles. The minimum atomic E-state index is -0.277. The molecule has 33 heavy (non-hydrogen) atoms. The van der Waals surface area contributed by atoms with Gasteiger partial charge in [-0.05, 0) is 31.0 Å². The van der Waals surface area contributed by atoms with E-state index >= 15 is 0 Å². The number of carbonyl (C=O) groups excluding carboxylic acids is 2. The molecule has 0 atom stereocenters. The third-order valence-electron chi connectivity index (χ3n) is 5.98. The number of aromatic amines is 1. The Labute approximate surface area is 190 Å². The largest absolute Gasteiger partial charge is 0.497 e. The molecule has 1 aliphatic rings. The number of anilines is 1. The number of nitrogens with zero attached hydrogens (tertiary/aromatic N) is 2. The zero-order valence-corrected chi connectivity index (χ0v) is 18.6. The number of fused-ring (bicyclic) bond motifs is 1. The molecule has 0 spiro atoms. The van der Waals surface area contributed by atoms with Gasteiger partial charge in [-0.2, -0.15) is 5.10 Å². The summed E-state index contributed by atoms with van der Waals surface area (Å²) in [4.78, 5) is 39.4. The second-order valence-corrected chi connectivity index (χ2v) is 7.93. The molecule has 4 rings (SSSR count). The van der Waals surface area contributed by atoms with E-state index < -0.39 is 0 Å². The first-order valence-corrected chi connectivity index (χ1v) is 10.8. The fraction of sp³-hybridized carbons (Fsp3) is 0.333. The summed E-state index contributed by atoms with van der Waals surface area (Å²) < 4.78 is 10.6. The minimum absolute atomic E-state index is 0.0759. The topological polar surface area (TPSA) is 114 Å². The number of carbonyl (C=O) groups is 2. The smallest absolute Gasteiger partial charge is 0.272 e.